The molecule has 0 aromatic heterocycles. The fourth-order valence-corrected chi connectivity index (χ4v) is 6.27. The average molecular weight is 733 g/mol. The first kappa shape index (κ1) is 41.0. The smallest absolute Gasteiger partial charge is 0.217 e. The first-order valence-electron chi connectivity index (χ1n) is 15.9. The van der Waals surface area contributed by atoms with Crippen molar-refractivity contribution in [3.8, 4) is 0 Å². The maximum absolute atomic E-state index is 12.0. The van der Waals surface area contributed by atoms with Crippen LogP contribution in [0.25, 0.3) is 0 Å². The third-order valence-corrected chi connectivity index (χ3v) is 8.97. The van der Waals surface area contributed by atoms with Crippen molar-refractivity contribution in [3.63, 3.8) is 0 Å². The second kappa shape index (κ2) is 17.4. The van der Waals surface area contributed by atoms with Crippen LogP contribution in [0.1, 0.15) is 20.8 Å². The van der Waals surface area contributed by atoms with E-state index in [9.17, 15) is 65.8 Å². The van der Waals surface area contributed by atoms with Crippen LogP contribution in [0, 0.1) is 0 Å². The summed E-state index contributed by atoms with van der Waals surface area (Å²) in [5, 5.41) is 120. The van der Waals surface area contributed by atoms with Crippen molar-refractivity contribution in [3.05, 3.63) is 0 Å². The summed E-state index contributed by atoms with van der Waals surface area (Å²) < 4.78 is 40.3. The van der Waals surface area contributed by atoms with Crippen LogP contribution in [-0.2, 0) is 42.7 Å². The highest BCUT2D eigenvalue weighted by atomic mass is 16.8. The number of carbonyl (C=O) groups is 2. The molecule has 4 fully saturated rings. The number of rotatable bonds is 11. The Morgan fingerprint density at radius 3 is 1.62 bits per heavy atom. The highest BCUT2D eigenvalue weighted by Crippen LogP contribution is 2.36. The van der Waals surface area contributed by atoms with E-state index >= 15 is 0 Å². The van der Waals surface area contributed by atoms with E-state index in [0.717, 1.165) is 13.8 Å². The predicted octanol–water partition coefficient (Wildman–Crippen LogP) is -8.43. The topological polar surface area (TPSA) is 345 Å². The van der Waals surface area contributed by atoms with Crippen molar-refractivity contribution in [1.29, 1.82) is 0 Å². The van der Waals surface area contributed by atoms with Crippen molar-refractivity contribution in [2.75, 3.05) is 19.8 Å². The van der Waals surface area contributed by atoms with E-state index in [-0.39, 0.29) is 0 Å². The van der Waals surface area contributed by atoms with Crippen LogP contribution in [0.5, 0.6) is 0 Å². The Morgan fingerprint density at radius 2 is 1.04 bits per heavy atom. The van der Waals surface area contributed by atoms with Gasteiger partial charge in [-0.25, -0.2) is 0 Å². The lowest BCUT2D eigenvalue weighted by Gasteiger charge is -2.51. The van der Waals surface area contributed by atoms with E-state index in [4.69, 9.17) is 33.2 Å². The summed E-state index contributed by atoms with van der Waals surface area (Å²) in [5.74, 6) is -1.40. The van der Waals surface area contributed by atoms with Crippen LogP contribution >= 0.6 is 0 Å². The number of amides is 2. The number of aliphatic hydroxyl groups is 11. The maximum Gasteiger partial charge on any atom is 0.217 e. The highest BCUT2D eigenvalue weighted by molar-refractivity contribution is 5.73. The molecule has 22 heteroatoms. The Hall–Kier alpha value is -1.78. The quantitative estimate of drug-likeness (QED) is 0.0938. The summed E-state index contributed by atoms with van der Waals surface area (Å²) >= 11 is 0. The fraction of sp³-hybridized carbons (Fsp3) is 0.929. The number of hydrogen-bond donors (Lipinski definition) is 13. The molecule has 290 valence electrons. The second-order valence-electron chi connectivity index (χ2n) is 12.6. The van der Waals surface area contributed by atoms with E-state index in [0.29, 0.717) is 0 Å². The van der Waals surface area contributed by atoms with Crippen molar-refractivity contribution in [2.45, 2.75) is 143 Å². The van der Waals surface area contributed by atoms with Gasteiger partial charge in [-0.15, -0.1) is 0 Å². The summed E-state index contributed by atoms with van der Waals surface area (Å²) in [6, 6.07) is -3.05. The van der Waals surface area contributed by atoms with Crippen LogP contribution in [0.15, 0.2) is 0 Å². The molecule has 0 bridgehead atoms. The number of aliphatic hydroxyl groups excluding tert-OH is 11. The van der Waals surface area contributed by atoms with E-state index in [1.807, 2.05) is 0 Å². The van der Waals surface area contributed by atoms with Crippen LogP contribution in [0.3, 0.4) is 0 Å². The summed E-state index contributed by atoms with van der Waals surface area (Å²) in [6.45, 7) is 0.904. The zero-order chi connectivity index (χ0) is 37.2. The molecule has 0 aromatic rings. The highest BCUT2D eigenvalue weighted by Gasteiger charge is 2.56. The van der Waals surface area contributed by atoms with Crippen LogP contribution in [0.4, 0.5) is 0 Å². The summed E-state index contributed by atoms with van der Waals surface area (Å²) in [4.78, 5) is 23.9. The average Bonchev–Trinajstić information content (AvgIpc) is 3.07. The van der Waals surface area contributed by atoms with Crippen LogP contribution in [0.2, 0.25) is 0 Å². The second-order valence-corrected chi connectivity index (χ2v) is 12.6. The number of hydrogen-bond acceptors (Lipinski definition) is 20. The monoisotopic (exact) mass is 732 g/mol. The predicted molar refractivity (Wildman–Crippen MR) is 156 cm³/mol. The Labute approximate surface area is 285 Å². The molecule has 0 spiro atoms. The molecule has 0 radical (unpaired) electrons. The summed E-state index contributed by atoms with van der Waals surface area (Å²) in [6.07, 6.45) is -31.0. The molecule has 50 heavy (non-hydrogen) atoms. The maximum atomic E-state index is 12.0. The fourth-order valence-electron chi connectivity index (χ4n) is 6.27. The molecule has 4 aliphatic rings. The standard InChI is InChI=1S/C28H48N2O20/c1-7-15(36)20(41)21(42)27(44-7)50-24-23(49-26-14(30-9(3)35)18(39)16(37)10(4-31)46-26)17(38)11(5-32)47-28(24)48-22-12(6-33)45-25(43)13(19(22)40)29-8(2)34/h7,10-28,31-33,36-43H,4-6H2,1-3H3,(H,29,34)(H,30,35)/t7-,10+,11+,12+,13+,14+,15+,16-,17-,18+,19+,20+,21-,22+,23-,24+,25?,26+,27-,28-/m0/s1. The van der Waals surface area contributed by atoms with Crippen molar-refractivity contribution < 1.29 is 98.9 Å². The van der Waals surface area contributed by atoms with Crippen molar-refractivity contribution in [2.24, 2.45) is 0 Å². The minimum absolute atomic E-state index is 0.682. The molecule has 2 amide bonds. The van der Waals surface area contributed by atoms with Gasteiger partial charge in [-0.1, -0.05) is 0 Å². The molecule has 0 saturated carbocycles. The Bertz CT molecular complexity index is 1130. The molecule has 4 rings (SSSR count). The number of nitrogens with one attached hydrogen (secondary N) is 2. The molecule has 1 unspecified atom stereocenters. The minimum atomic E-state index is -1.95. The van der Waals surface area contributed by atoms with Gasteiger partial charge < -0.3 is 100.0 Å². The van der Waals surface area contributed by atoms with E-state index in [2.05, 4.69) is 10.6 Å². The SMILES string of the molecule is CC(=O)N[C@H]1[C@@H](O[C@H]2[C@@H](O)[C@@H](CO)O[C@@H](O[C@H]3[C@H](O)[C@@H](NC(C)=O)C(O)O[C@@H]3CO)[C@@H]2O[C@@H]2O[C@@H](C)[C@@H](O)[C@@H](O)[C@@H]2O)O[C@H](CO)[C@H](O)[C@@H]1O. The largest absolute Gasteiger partial charge is 0.394 e. The van der Waals surface area contributed by atoms with Gasteiger partial charge in [0.25, 0.3) is 0 Å². The molecule has 4 saturated heterocycles. The molecular formula is C28H48N2O20. The Kier molecular flexibility index (Phi) is 14.2. The van der Waals surface area contributed by atoms with Crippen molar-refractivity contribution in [1.82, 2.24) is 10.6 Å². The summed E-state index contributed by atoms with van der Waals surface area (Å²) in [5.41, 5.74) is 0. The van der Waals surface area contributed by atoms with Crippen molar-refractivity contribution >= 4 is 11.8 Å². The lowest BCUT2D eigenvalue weighted by atomic mass is 9.94. The molecule has 4 aliphatic heterocycles. The Morgan fingerprint density at radius 1 is 0.520 bits per heavy atom. The van der Waals surface area contributed by atoms with E-state index in [1.54, 1.807) is 0 Å². The van der Waals surface area contributed by atoms with Gasteiger partial charge in [-0.2, -0.15) is 0 Å². The molecule has 4 heterocycles. The van der Waals surface area contributed by atoms with Crippen LogP contribution < -0.4 is 10.6 Å². The number of ether oxygens (including phenoxy) is 7. The van der Waals surface area contributed by atoms with E-state index < -0.39 is 154 Å². The van der Waals surface area contributed by atoms with Gasteiger partial charge in [0.1, 0.15) is 91.4 Å². The number of carbonyl (C=O) groups excluding carboxylic acids is 2. The van der Waals surface area contributed by atoms with Gasteiger partial charge in [0.2, 0.25) is 11.8 Å². The minimum Gasteiger partial charge on any atom is -0.394 e. The van der Waals surface area contributed by atoms with Gasteiger partial charge in [0.15, 0.2) is 25.2 Å². The van der Waals surface area contributed by atoms with E-state index in [1.165, 1.54) is 6.92 Å². The normalized spacial score (nSPS) is 48.5. The van der Waals surface area contributed by atoms with Gasteiger partial charge >= 0.3 is 0 Å². The zero-order valence-corrected chi connectivity index (χ0v) is 27.3. The Balaban J connectivity index is 1.75. The molecular weight excluding hydrogens is 684 g/mol. The molecule has 0 aliphatic carbocycles. The van der Waals surface area contributed by atoms with Gasteiger partial charge in [-0.3, -0.25) is 9.59 Å². The van der Waals surface area contributed by atoms with Crippen LogP contribution in [-0.4, -0.2) is 211 Å². The van der Waals surface area contributed by atoms with Gasteiger partial charge in [0, 0.05) is 13.8 Å². The molecule has 13 N–H and O–H groups in total. The van der Waals surface area contributed by atoms with Gasteiger partial charge in [0.05, 0.1) is 25.9 Å². The molecule has 20 atom stereocenters. The molecule has 22 nitrogen and oxygen atoms in total. The van der Waals surface area contributed by atoms with Gasteiger partial charge in [-0.05, 0) is 6.92 Å². The summed E-state index contributed by atoms with van der Waals surface area (Å²) in [7, 11) is 0. The lowest BCUT2D eigenvalue weighted by Crippen LogP contribution is -2.70. The third kappa shape index (κ3) is 8.70. The third-order valence-electron chi connectivity index (χ3n) is 8.97. The first-order valence-corrected chi connectivity index (χ1v) is 15.9. The zero-order valence-electron chi connectivity index (χ0n) is 27.3. The molecule has 0 aromatic carbocycles. The first-order chi connectivity index (χ1) is 23.5. The lowest BCUT2D eigenvalue weighted by molar-refractivity contribution is -0.398.